The van der Waals surface area contributed by atoms with E-state index in [0.29, 0.717) is 19.2 Å². The molecule has 1 amide bonds. The summed E-state index contributed by atoms with van der Waals surface area (Å²) < 4.78 is 5.14. The van der Waals surface area contributed by atoms with Crippen molar-refractivity contribution < 1.29 is 9.53 Å². The third-order valence-corrected chi connectivity index (χ3v) is 4.03. The Kier molecular flexibility index (Phi) is 4.63. The lowest BCUT2D eigenvalue weighted by Crippen LogP contribution is -2.47. The Morgan fingerprint density at radius 1 is 1.45 bits per heavy atom. The van der Waals surface area contributed by atoms with Gasteiger partial charge in [0.25, 0.3) is 0 Å². The fraction of sp³-hybridized carbons (Fsp3) is 0.643. The molecule has 2 aliphatic rings. The van der Waals surface area contributed by atoms with Crippen molar-refractivity contribution in [1.82, 2.24) is 15.3 Å². The van der Waals surface area contributed by atoms with Crippen molar-refractivity contribution in [1.29, 1.82) is 0 Å². The number of hydrogen-bond donors (Lipinski definition) is 1. The van der Waals surface area contributed by atoms with Gasteiger partial charge in [0, 0.05) is 32.8 Å². The van der Waals surface area contributed by atoms with Gasteiger partial charge in [-0.3, -0.25) is 4.79 Å². The summed E-state index contributed by atoms with van der Waals surface area (Å²) in [5.41, 5.74) is 0.845. The van der Waals surface area contributed by atoms with Crippen LogP contribution in [0.2, 0.25) is 5.28 Å². The van der Waals surface area contributed by atoms with Gasteiger partial charge in [-0.2, -0.15) is 4.98 Å². The molecule has 1 fully saturated rings. The van der Waals surface area contributed by atoms with Crippen LogP contribution in [-0.4, -0.2) is 61.8 Å². The summed E-state index contributed by atoms with van der Waals surface area (Å²) >= 11 is 5.93. The SMILES string of the molecule is COCCN1CCN(CC(=O)NC2CC2)c2cnc(Cl)nc21. The van der Waals surface area contributed by atoms with Crippen LogP contribution < -0.4 is 15.1 Å². The van der Waals surface area contributed by atoms with Gasteiger partial charge < -0.3 is 19.9 Å². The first-order valence-corrected chi connectivity index (χ1v) is 7.86. The number of fused-ring (bicyclic) bond motifs is 1. The number of nitrogens with zero attached hydrogens (tertiary/aromatic N) is 4. The van der Waals surface area contributed by atoms with Crippen molar-refractivity contribution in [2.24, 2.45) is 0 Å². The lowest BCUT2D eigenvalue weighted by molar-refractivity contribution is -0.119. The number of nitrogens with one attached hydrogen (secondary N) is 1. The maximum Gasteiger partial charge on any atom is 0.239 e. The van der Waals surface area contributed by atoms with Crippen LogP contribution in [0.1, 0.15) is 12.8 Å². The van der Waals surface area contributed by atoms with Crippen LogP contribution in [0.3, 0.4) is 0 Å². The first kappa shape index (κ1) is 15.3. The number of hydrogen-bond acceptors (Lipinski definition) is 6. The molecule has 3 rings (SSSR count). The van der Waals surface area contributed by atoms with Gasteiger partial charge in [0.1, 0.15) is 0 Å². The topological polar surface area (TPSA) is 70.6 Å². The molecule has 120 valence electrons. The summed E-state index contributed by atoms with van der Waals surface area (Å²) in [6.45, 7) is 3.20. The lowest BCUT2D eigenvalue weighted by Gasteiger charge is -2.37. The second kappa shape index (κ2) is 6.66. The first-order valence-electron chi connectivity index (χ1n) is 7.48. The minimum absolute atomic E-state index is 0.0498. The number of carbonyl (C=O) groups excluding carboxylic acids is 1. The molecule has 1 N–H and O–H groups in total. The maximum absolute atomic E-state index is 12.0. The van der Waals surface area contributed by atoms with E-state index in [9.17, 15) is 4.79 Å². The summed E-state index contributed by atoms with van der Waals surface area (Å²) in [5, 5.41) is 3.22. The van der Waals surface area contributed by atoms with Crippen molar-refractivity contribution in [2.75, 3.05) is 49.7 Å². The normalized spacial score (nSPS) is 17.4. The highest BCUT2D eigenvalue weighted by Gasteiger charge is 2.28. The zero-order chi connectivity index (χ0) is 15.5. The molecule has 1 saturated carbocycles. The number of aromatic nitrogens is 2. The van der Waals surface area contributed by atoms with Gasteiger partial charge in [-0.1, -0.05) is 0 Å². The molecule has 0 atom stereocenters. The largest absolute Gasteiger partial charge is 0.383 e. The highest BCUT2D eigenvalue weighted by atomic mass is 35.5. The van der Waals surface area contributed by atoms with Crippen molar-refractivity contribution >= 4 is 29.0 Å². The molecule has 1 aliphatic heterocycles. The molecule has 0 bridgehead atoms. The van der Waals surface area contributed by atoms with Crippen molar-refractivity contribution in [3.05, 3.63) is 11.5 Å². The van der Waals surface area contributed by atoms with Crippen LogP contribution >= 0.6 is 11.6 Å². The van der Waals surface area contributed by atoms with Crippen LogP contribution in [0.25, 0.3) is 0 Å². The molecule has 1 aliphatic carbocycles. The van der Waals surface area contributed by atoms with Crippen LogP contribution in [0.15, 0.2) is 6.20 Å². The molecular weight excluding hydrogens is 306 g/mol. The molecule has 1 aromatic rings. The summed E-state index contributed by atoms with van der Waals surface area (Å²) in [5.74, 6) is 0.816. The van der Waals surface area contributed by atoms with E-state index in [1.54, 1.807) is 13.3 Å². The van der Waals surface area contributed by atoms with Gasteiger partial charge in [0.15, 0.2) is 5.82 Å². The Labute approximate surface area is 134 Å². The Balaban J connectivity index is 1.74. The monoisotopic (exact) mass is 325 g/mol. The van der Waals surface area contributed by atoms with E-state index in [2.05, 4.69) is 20.2 Å². The number of halogens is 1. The first-order chi connectivity index (χ1) is 10.7. The predicted octanol–water partition coefficient (Wildman–Crippen LogP) is 0.681. The summed E-state index contributed by atoms with van der Waals surface area (Å²) in [6, 6.07) is 0.372. The number of rotatable bonds is 6. The number of methoxy groups -OCH3 is 1. The average Bonchev–Trinajstić information content (AvgIpc) is 3.30. The molecule has 0 spiro atoms. The minimum Gasteiger partial charge on any atom is -0.383 e. The Bertz CT molecular complexity index is 552. The van der Waals surface area contributed by atoms with Gasteiger partial charge in [-0.25, -0.2) is 4.98 Å². The van der Waals surface area contributed by atoms with E-state index < -0.39 is 0 Å². The van der Waals surface area contributed by atoms with E-state index in [-0.39, 0.29) is 11.2 Å². The van der Waals surface area contributed by atoms with Crippen LogP contribution in [0, 0.1) is 0 Å². The smallest absolute Gasteiger partial charge is 0.239 e. The zero-order valence-corrected chi connectivity index (χ0v) is 13.3. The van der Waals surface area contributed by atoms with E-state index in [4.69, 9.17) is 16.3 Å². The van der Waals surface area contributed by atoms with Gasteiger partial charge >= 0.3 is 0 Å². The lowest BCUT2D eigenvalue weighted by atomic mass is 10.2. The van der Waals surface area contributed by atoms with Crippen LogP contribution in [-0.2, 0) is 9.53 Å². The van der Waals surface area contributed by atoms with Crippen LogP contribution in [0.4, 0.5) is 11.5 Å². The molecule has 0 radical (unpaired) electrons. The van der Waals surface area contributed by atoms with Gasteiger partial charge in [-0.05, 0) is 24.4 Å². The number of anilines is 2. The molecular formula is C14H20ClN5O2. The molecule has 0 unspecified atom stereocenters. The molecule has 0 aromatic carbocycles. The van der Waals surface area contributed by atoms with Gasteiger partial charge in [0.05, 0.1) is 25.0 Å². The quantitative estimate of drug-likeness (QED) is 0.776. The zero-order valence-electron chi connectivity index (χ0n) is 12.6. The third kappa shape index (κ3) is 3.59. The van der Waals surface area contributed by atoms with Crippen molar-refractivity contribution in [2.45, 2.75) is 18.9 Å². The number of ether oxygens (including phenoxy) is 1. The summed E-state index contributed by atoms with van der Waals surface area (Å²) in [4.78, 5) is 24.5. The number of carbonyl (C=O) groups is 1. The fourth-order valence-electron chi connectivity index (χ4n) is 2.53. The van der Waals surface area contributed by atoms with E-state index >= 15 is 0 Å². The Morgan fingerprint density at radius 2 is 2.23 bits per heavy atom. The fourth-order valence-corrected chi connectivity index (χ4v) is 2.66. The van der Waals surface area contributed by atoms with E-state index in [1.807, 2.05) is 4.90 Å². The van der Waals surface area contributed by atoms with Crippen molar-refractivity contribution in [3.63, 3.8) is 0 Å². The Morgan fingerprint density at radius 3 is 2.95 bits per heavy atom. The van der Waals surface area contributed by atoms with Gasteiger partial charge in [-0.15, -0.1) is 0 Å². The molecule has 22 heavy (non-hydrogen) atoms. The average molecular weight is 326 g/mol. The minimum atomic E-state index is 0.0498. The summed E-state index contributed by atoms with van der Waals surface area (Å²) in [6.07, 6.45) is 3.87. The molecule has 7 nitrogen and oxygen atoms in total. The molecule has 2 heterocycles. The van der Waals surface area contributed by atoms with E-state index in [0.717, 1.165) is 44.0 Å². The van der Waals surface area contributed by atoms with E-state index in [1.165, 1.54) is 0 Å². The molecule has 8 heteroatoms. The number of amides is 1. The molecule has 0 saturated heterocycles. The second-order valence-corrected chi connectivity index (χ2v) is 5.93. The Hall–Kier alpha value is -1.60. The predicted molar refractivity (Wildman–Crippen MR) is 84.5 cm³/mol. The highest BCUT2D eigenvalue weighted by molar-refractivity contribution is 6.28. The van der Waals surface area contributed by atoms with Crippen molar-refractivity contribution in [3.8, 4) is 0 Å². The third-order valence-electron chi connectivity index (χ3n) is 3.84. The van der Waals surface area contributed by atoms with Crippen LogP contribution in [0.5, 0.6) is 0 Å². The van der Waals surface area contributed by atoms with Gasteiger partial charge in [0.2, 0.25) is 11.2 Å². The maximum atomic E-state index is 12.0. The summed E-state index contributed by atoms with van der Waals surface area (Å²) in [7, 11) is 1.67. The highest BCUT2D eigenvalue weighted by Crippen LogP contribution is 2.31. The second-order valence-electron chi connectivity index (χ2n) is 5.59. The standard InChI is InChI=1S/C14H20ClN5O2/c1-22-7-6-19-4-5-20(9-12(21)17-10-2-3-10)11-8-16-14(15)18-13(11)19/h8,10H,2-7,9H2,1H3,(H,17,21). The molecule has 1 aromatic heterocycles.